The second-order valence-electron chi connectivity index (χ2n) is 16.6. The van der Waals surface area contributed by atoms with Gasteiger partial charge in [0.25, 0.3) is 5.91 Å². The third-order valence-corrected chi connectivity index (χ3v) is 13.3. The highest BCUT2D eigenvalue weighted by molar-refractivity contribution is 6.00. The molecule has 3 amide bonds. The van der Waals surface area contributed by atoms with Gasteiger partial charge in [0.1, 0.15) is 11.7 Å². The van der Waals surface area contributed by atoms with Crippen LogP contribution in [0.25, 0.3) is 22.6 Å². The molecule has 5 aromatic rings. The zero-order valence-electron chi connectivity index (χ0n) is 32.8. The van der Waals surface area contributed by atoms with Crippen LogP contribution < -0.4 is 21.2 Å². The van der Waals surface area contributed by atoms with Gasteiger partial charge in [0.05, 0.1) is 16.6 Å². The van der Waals surface area contributed by atoms with Crippen molar-refractivity contribution in [1.29, 1.82) is 0 Å². The van der Waals surface area contributed by atoms with E-state index in [-0.39, 0.29) is 35.4 Å². The summed E-state index contributed by atoms with van der Waals surface area (Å²) < 4.78 is 50.8. The smallest absolute Gasteiger partial charge is 0.329 e. The second-order valence-corrected chi connectivity index (χ2v) is 16.6. The van der Waals surface area contributed by atoms with Crippen molar-refractivity contribution in [2.45, 2.75) is 69.2 Å². The number of aromatic hydroxyl groups is 1. The molecule has 2 bridgehead atoms. The first-order valence-electron chi connectivity index (χ1n) is 20.2. The lowest BCUT2D eigenvalue weighted by atomic mass is 9.53. The molecule has 2 saturated heterocycles. The number of hydrogen-bond donors (Lipinski definition) is 3. The van der Waals surface area contributed by atoms with Gasteiger partial charge in [-0.25, -0.2) is 13.6 Å². The summed E-state index contributed by atoms with van der Waals surface area (Å²) in [6.45, 7) is 4.24. The standard InChI is InChI=1S/C41H43F3N10O6/c1-51-29-20-23(2-4-27(29)54(39(51)59)28-5-7-31(55)46-37(28)58)8-15-52-16-18-53(19-17-52)30-6-3-26(48-49-30)35-47-38(60-50-35)41-12-9-40(10-13-41,11-14-41)22-45-36(57)24-21-25(42)34(56)33(44)32(24)43/h2-4,6,20-21,28,56H,5,7-19,22H2,1H3,(H,45,57)(H,46,55,58)/t28-,40?,41?/m1/s1. The molecular weight excluding hydrogens is 786 g/mol. The maximum Gasteiger partial charge on any atom is 0.329 e. The van der Waals surface area contributed by atoms with Crippen LogP contribution in [-0.2, 0) is 28.5 Å². The van der Waals surface area contributed by atoms with Crippen LogP contribution in [0.15, 0.2) is 45.7 Å². The van der Waals surface area contributed by atoms with Crippen molar-refractivity contribution >= 4 is 34.6 Å². The molecule has 10 rings (SSSR count). The molecule has 314 valence electrons. The van der Waals surface area contributed by atoms with Crippen molar-refractivity contribution in [2.24, 2.45) is 12.5 Å². The molecule has 60 heavy (non-hydrogen) atoms. The summed E-state index contributed by atoms with van der Waals surface area (Å²) in [5.41, 5.74) is 1.32. The Kier molecular flexibility index (Phi) is 9.95. The lowest BCUT2D eigenvalue weighted by molar-refractivity contribution is -0.135. The molecule has 3 N–H and O–H groups in total. The van der Waals surface area contributed by atoms with Crippen molar-refractivity contribution in [3.8, 4) is 17.3 Å². The van der Waals surface area contributed by atoms with Crippen LogP contribution in [0.5, 0.6) is 5.75 Å². The zero-order chi connectivity index (χ0) is 41.9. The summed E-state index contributed by atoms with van der Waals surface area (Å²) in [6, 6.07) is 9.40. The SMILES string of the molecule is Cn1c(=O)n([C@@H]2CCC(=O)NC2=O)c2ccc(CCN3CCN(c4ccc(-c5noc(C67CCC(CNC(=O)c8cc(F)c(O)c(F)c8F)(CC6)CC7)n5)nn4)CC3)cc21. The Labute approximate surface area is 340 Å². The van der Waals surface area contributed by atoms with E-state index in [0.29, 0.717) is 35.4 Å². The van der Waals surface area contributed by atoms with Crippen molar-refractivity contribution in [2.75, 3.05) is 44.2 Å². The number of rotatable bonds is 10. The molecule has 3 aromatic heterocycles. The first kappa shape index (κ1) is 39.4. The Morgan fingerprint density at radius 3 is 2.40 bits per heavy atom. The topological polar surface area (TPSA) is 194 Å². The zero-order valence-corrected chi connectivity index (χ0v) is 32.8. The molecule has 5 heterocycles. The molecule has 3 aliphatic carbocycles. The normalized spacial score (nSPS) is 23.3. The predicted octanol–water partition coefficient (Wildman–Crippen LogP) is 3.67. The number of piperidine rings is 1. The molecule has 5 aliphatic rings. The van der Waals surface area contributed by atoms with E-state index in [4.69, 9.17) is 9.51 Å². The highest BCUT2D eigenvalue weighted by atomic mass is 19.2. The monoisotopic (exact) mass is 828 g/mol. The maximum atomic E-state index is 14.3. The molecule has 0 radical (unpaired) electrons. The van der Waals surface area contributed by atoms with Gasteiger partial charge >= 0.3 is 5.69 Å². The van der Waals surface area contributed by atoms with E-state index >= 15 is 0 Å². The van der Waals surface area contributed by atoms with Gasteiger partial charge in [0.15, 0.2) is 23.2 Å². The van der Waals surface area contributed by atoms with Crippen LogP contribution in [-0.4, -0.2) is 96.5 Å². The summed E-state index contributed by atoms with van der Waals surface area (Å²) in [5, 5.41) is 27.4. The molecule has 2 aromatic carbocycles. The van der Waals surface area contributed by atoms with Gasteiger partial charge in [0, 0.05) is 58.2 Å². The van der Waals surface area contributed by atoms with E-state index in [1.54, 1.807) is 11.6 Å². The number of phenolic OH excluding ortho intramolecular Hbond substituents is 1. The summed E-state index contributed by atoms with van der Waals surface area (Å²) in [4.78, 5) is 59.3. The Balaban J connectivity index is 0.763. The van der Waals surface area contributed by atoms with Gasteiger partial charge in [0.2, 0.25) is 29.3 Å². The van der Waals surface area contributed by atoms with Gasteiger partial charge in [-0.2, -0.15) is 9.37 Å². The maximum absolute atomic E-state index is 14.3. The number of fused-ring (bicyclic) bond motifs is 4. The van der Waals surface area contributed by atoms with Gasteiger partial charge in [-0.15, -0.1) is 10.2 Å². The second kappa shape index (κ2) is 15.2. The number of nitrogens with one attached hydrogen (secondary N) is 2. The Bertz CT molecular complexity index is 2560. The number of imide groups is 1. The number of phenols is 1. The number of aryl methyl sites for hydroxylation is 1. The minimum Gasteiger partial charge on any atom is -0.503 e. The van der Waals surface area contributed by atoms with Gasteiger partial charge < -0.3 is 19.8 Å². The van der Waals surface area contributed by atoms with Crippen molar-refractivity contribution in [1.82, 2.24) is 45.0 Å². The van der Waals surface area contributed by atoms with Crippen LogP contribution in [0, 0.1) is 22.9 Å². The summed E-state index contributed by atoms with van der Waals surface area (Å²) in [6.07, 6.45) is 5.65. The number of imidazole rings is 1. The minimum atomic E-state index is -1.80. The largest absolute Gasteiger partial charge is 0.503 e. The summed E-state index contributed by atoms with van der Waals surface area (Å²) >= 11 is 0. The number of carbonyl (C=O) groups is 3. The van der Waals surface area contributed by atoms with Crippen molar-refractivity contribution < 1.29 is 37.2 Å². The predicted molar refractivity (Wildman–Crippen MR) is 208 cm³/mol. The lowest BCUT2D eigenvalue weighted by Crippen LogP contribution is -2.49. The average Bonchev–Trinajstić information content (AvgIpc) is 3.87. The van der Waals surface area contributed by atoms with Crippen molar-refractivity contribution in [3.63, 3.8) is 0 Å². The fraction of sp³-hybridized carbons (Fsp3) is 0.463. The number of piperazine rings is 1. The quantitative estimate of drug-likeness (QED) is 0.137. The van der Waals surface area contributed by atoms with E-state index in [2.05, 4.69) is 35.8 Å². The molecule has 16 nitrogen and oxygen atoms in total. The highest BCUT2D eigenvalue weighted by Crippen LogP contribution is 2.57. The van der Waals surface area contributed by atoms with Gasteiger partial charge in [-0.05, 0) is 92.7 Å². The molecule has 2 aliphatic heterocycles. The Morgan fingerprint density at radius 2 is 1.70 bits per heavy atom. The number of benzene rings is 2. The fourth-order valence-corrected chi connectivity index (χ4v) is 9.40. The van der Waals surface area contributed by atoms with E-state index in [1.807, 2.05) is 30.3 Å². The summed E-state index contributed by atoms with van der Waals surface area (Å²) in [7, 11) is 1.70. The molecule has 5 fully saturated rings. The third-order valence-electron chi connectivity index (χ3n) is 13.3. The van der Waals surface area contributed by atoms with E-state index < -0.39 is 46.6 Å². The Morgan fingerprint density at radius 1 is 0.950 bits per heavy atom. The number of hydrogen-bond acceptors (Lipinski definition) is 12. The first-order chi connectivity index (χ1) is 28.8. The van der Waals surface area contributed by atoms with E-state index in [1.165, 1.54) is 4.57 Å². The van der Waals surface area contributed by atoms with Crippen LogP contribution in [0.2, 0.25) is 0 Å². The molecule has 0 unspecified atom stereocenters. The summed E-state index contributed by atoms with van der Waals surface area (Å²) in [5.74, 6) is -6.35. The Hall–Kier alpha value is -6.11. The lowest BCUT2D eigenvalue weighted by Gasteiger charge is -2.51. The molecular formula is C41H43F3N10O6. The third kappa shape index (κ3) is 6.97. The number of nitrogens with zero attached hydrogens (tertiary/aromatic N) is 8. The minimum absolute atomic E-state index is 0.193. The molecule has 1 atom stereocenters. The van der Waals surface area contributed by atoms with E-state index in [0.717, 1.165) is 94.6 Å². The average molecular weight is 829 g/mol. The molecule has 19 heteroatoms. The van der Waals surface area contributed by atoms with Crippen LogP contribution >= 0.6 is 0 Å². The number of aromatic nitrogens is 6. The van der Waals surface area contributed by atoms with Gasteiger partial charge in [-0.3, -0.25) is 33.7 Å². The van der Waals surface area contributed by atoms with Gasteiger partial charge in [-0.1, -0.05) is 11.2 Å². The fourth-order valence-electron chi connectivity index (χ4n) is 9.40. The van der Waals surface area contributed by atoms with Crippen LogP contribution in [0.1, 0.15) is 79.2 Å². The van der Waals surface area contributed by atoms with Crippen molar-refractivity contribution in [3.05, 3.63) is 81.4 Å². The van der Waals surface area contributed by atoms with Crippen LogP contribution in [0.3, 0.4) is 0 Å². The van der Waals surface area contributed by atoms with E-state index in [9.17, 15) is 37.5 Å². The van der Waals surface area contributed by atoms with Crippen LogP contribution in [0.4, 0.5) is 19.0 Å². The number of amides is 3. The number of anilines is 1. The molecule has 3 saturated carbocycles. The number of carbonyl (C=O) groups excluding carboxylic acids is 3. The molecule has 0 spiro atoms. The highest BCUT2D eigenvalue weighted by Gasteiger charge is 2.52. The number of halogens is 3. The first-order valence-corrected chi connectivity index (χ1v) is 20.2.